The van der Waals surface area contributed by atoms with Crippen LogP contribution in [0.4, 0.5) is 0 Å². The van der Waals surface area contributed by atoms with Gasteiger partial charge in [0.2, 0.25) is 0 Å². The average Bonchev–Trinajstić information content (AvgIpc) is 3.93. The van der Waals surface area contributed by atoms with E-state index in [1.807, 2.05) is 42.5 Å². The predicted molar refractivity (Wildman–Crippen MR) is 280 cm³/mol. The first-order valence-electron chi connectivity index (χ1n) is 24.8. The minimum absolute atomic E-state index is 0. The van der Waals surface area contributed by atoms with Crippen molar-refractivity contribution in [3.63, 3.8) is 0 Å². The number of hydrogen-bond donors (Lipinski definition) is 0. The SMILES string of the molecule is [2H]c1c([2H])c([2H])c2c(c1[2H])c1ccc3[c-]c1n2c1cccc(n1)c1cccc(c1)c1ccccc1c1cc(C(C)(C)C)cc(-c2cccc(C(C)(C)C)c2)c1n1[cH-]n(c2[c-]c(ccc2)o3)-c2ccccc2-1.[Pt]. The van der Waals surface area contributed by atoms with E-state index >= 15 is 0 Å². The Balaban J connectivity index is 0.00000560. The van der Waals surface area contributed by atoms with Gasteiger partial charge in [-0.05, 0) is 101 Å². The molecular weight excluding hydrogens is 1010 g/mol. The topological polar surface area (TPSA) is 40.3 Å². The summed E-state index contributed by atoms with van der Waals surface area (Å²) < 4.78 is 48.6. The average molecular weight is 1070 g/mol. The predicted octanol–water partition coefficient (Wildman–Crippen LogP) is 16.4. The number of pyridine rings is 1. The van der Waals surface area contributed by atoms with Crippen LogP contribution in [0.15, 0.2) is 193 Å². The second-order valence-electron chi connectivity index (χ2n) is 19.5. The molecule has 1 aliphatic heterocycles. The van der Waals surface area contributed by atoms with Gasteiger partial charge in [0, 0.05) is 49.5 Å². The molecule has 68 heavy (non-hydrogen) atoms. The van der Waals surface area contributed by atoms with E-state index in [9.17, 15) is 1.37 Å². The molecule has 0 N–H and O–H groups in total. The number of benzene rings is 8. The van der Waals surface area contributed by atoms with Crippen LogP contribution in [-0.2, 0) is 31.9 Å². The summed E-state index contributed by atoms with van der Waals surface area (Å²) in [6.07, 6.45) is 2.17. The van der Waals surface area contributed by atoms with Gasteiger partial charge < -0.3 is 18.0 Å². The van der Waals surface area contributed by atoms with Crippen LogP contribution in [-0.4, -0.2) is 18.5 Å². The van der Waals surface area contributed by atoms with Crippen molar-refractivity contribution >= 4 is 82.1 Å². The zero-order chi connectivity index (χ0) is 49.1. The van der Waals surface area contributed by atoms with Crippen molar-refractivity contribution in [2.24, 2.45) is 0 Å². The van der Waals surface area contributed by atoms with Gasteiger partial charge in [-0.15, -0.1) is 29.1 Å². The standard InChI is InChI=1S/C62H49N4O.Pt/c1-61(2,3)43-20-14-18-41(34-43)52-35-44(62(4,5)6)36-53-49-24-8-7-23-48(49)40-17-13-19-42(33-40)54-26-16-30-59(63-54)66-55-27-10-9-25-50(55)51-32-31-47(38-58(51)66)67-46-22-15-21-45(37-46)64-39-65(60(52)53)57-29-12-11-28-56(57)64;/h7-36,39H,1-6H3;/q-3;/i9D,10D,25D,27D;. The third-order valence-corrected chi connectivity index (χ3v) is 13.1. The molecule has 0 spiro atoms. The second kappa shape index (κ2) is 16.5. The Hall–Kier alpha value is -7.33. The van der Waals surface area contributed by atoms with E-state index in [-0.39, 0.29) is 56.1 Å². The molecule has 0 unspecified atom stereocenters. The zero-order valence-electron chi connectivity index (χ0n) is 42.6. The van der Waals surface area contributed by atoms with E-state index in [0.29, 0.717) is 44.1 Å². The van der Waals surface area contributed by atoms with Crippen LogP contribution in [0.2, 0.25) is 0 Å². The molecule has 0 aliphatic carbocycles. The fourth-order valence-electron chi connectivity index (χ4n) is 9.58. The summed E-state index contributed by atoms with van der Waals surface area (Å²) >= 11 is 0. The van der Waals surface area contributed by atoms with Crippen LogP contribution in [0.5, 0.6) is 0 Å². The first-order valence-corrected chi connectivity index (χ1v) is 22.8. The van der Waals surface area contributed by atoms with Gasteiger partial charge in [-0.3, -0.25) is 0 Å². The van der Waals surface area contributed by atoms with E-state index in [0.717, 1.165) is 60.5 Å². The third kappa shape index (κ3) is 7.37. The Labute approximate surface area is 415 Å². The molecule has 0 fully saturated rings. The normalized spacial score (nSPS) is 13.0. The summed E-state index contributed by atoms with van der Waals surface area (Å²) in [6, 6.07) is 60.8. The molecule has 8 aromatic carbocycles. The Morgan fingerprint density at radius 3 is 2.09 bits per heavy atom. The van der Waals surface area contributed by atoms with Crippen molar-refractivity contribution in [1.29, 1.82) is 0 Å². The molecule has 6 heteroatoms. The number of nitrogens with zero attached hydrogens (tertiary/aromatic N) is 4. The quantitative estimate of drug-likeness (QED) is 0.154. The monoisotopic (exact) mass is 1060 g/mol. The van der Waals surface area contributed by atoms with Crippen molar-refractivity contribution < 1.29 is 31.0 Å². The van der Waals surface area contributed by atoms with Gasteiger partial charge in [-0.1, -0.05) is 174 Å². The number of rotatable bonds is 1. The molecule has 5 nitrogen and oxygen atoms in total. The van der Waals surface area contributed by atoms with E-state index in [4.69, 9.17) is 13.5 Å². The minimum atomic E-state index is -0.324. The molecule has 12 rings (SSSR count). The second-order valence-corrected chi connectivity index (χ2v) is 19.5. The van der Waals surface area contributed by atoms with Gasteiger partial charge >= 0.3 is 0 Å². The molecule has 0 radical (unpaired) electrons. The van der Waals surface area contributed by atoms with Crippen LogP contribution in [0, 0.1) is 12.1 Å². The maximum Gasteiger partial charge on any atom is 0.136 e. The van der Waals surface area contributed by atoms with Crippen molar-refractivity contribution in [1.82, 2.24) is 18.5 Å². The first-order chi connectivity index (χ1) is 34.1. The number of imidazole rings is 1. The zero-order valence-corrected chi connectivity index (χ0v) is 40.9. The maximum absolute atomic E-state index is 9.22. The molecule has 0 saturated carbocycles. The number of hydrogen-bond acceptors (Lipinski definition) is 2. The molecule has 4 heterocycles. The van der Waals surface area contributed by atoms with Crippen LogP contribution >= 0.6 is 0 Å². The van der Waals surface area contributed by atoms with Gasteiger partial charge in [0.1, 0.15) is 5.65 Å². The van der Waals surface area contributed by atoms with Crippen molar-refractivity contribution in [2.75, 3.05) is 0 Å². The summed E-state index contributed by atoms with van der Waals surface area (Å²) in [6.45, 7) is 13.6. The summed E-state index contributed by atoms with van der Waals surface area (Å²) in [7, 11) is 0. The van der Waals surface area contributed by atoms with Gasteiger partial charge in [-0.25, -0.2) is 4.98 Å². The Morgan fingerprint density at radius 1 is 0.559 bits per heavy atom. The molecule has 0 atom stereocenters. The fourth-order valence-corrected chi connectivity index (χ4v) is 9.58. The van der Waals surface area contributed by atoms with Crippen LogP contribution in [0.1, 0.15) is 58.2 Å². The van der Waals surface area contributed by atoms with Gasteiger partial charge in [-0.2, -0.15) is 24.3 Å². The summed E-state index contributed by atoms with van der Waals surface area (Å²) in [4.78, 5) is 5.27. The van der Waals surface area contributed by atoms with Gasteiger partial charge in [0.05, 0.1) is 11.0 Å². The van der Waals surface area contributed by atoms with Crippen molar-refractivity contribution in [3.8, 4) is 22.5 Å². The van der Waals surface area contributed by atoms with E-state index in [2.05, 4.69) is 178 Å². The van der Waals surface area contributed by atoms with Crippen LogP contribution in [0.25, 0.3) is 105 Å². The molecule has 11 aromatic rings. The summed E-state index contributed by atoms with van der Waals surface area (Å²) in [5.41, 5.74) is 11.1. The molecule has 1 aliphatic rings. The summed E-state index contributed by atoms with van der Waals surface area (Å²) in [5, 5.41) is 6.09. The van der Waals surface area contributed by atoms with E-state index < -0.39 is 0 Å². The Bertz CT molecular complexity index is 4330. The van der Waals surface area contributed by atoms with E-state index in [1.54, 1.807) is 10.5 Å². The maximum atomic E-state index is 9.22. The number of para-hydroxylation sites is 3. The third-order valence-electron chi connectivity index (χ3n) is 13.1. The van der Waals surface area contributed by atoms with Gasteiger partial charge in [0.25, 0.3) is 0 Å². The molecule has 336 valence electrons. The smallest absolute Gasteiger partial charge is 0.136 e. The van der Waals surface area contributed by atoms with Crippen molar-refractivity contribution in [3.05, 3.63) is 211 Å². The van der Waals surface area contributed by atoms with Gasteiger partial charge in [0.15, 0.2) is 0 Å². The van der Waals surface area contributed by atoms with Crippen LogP contribution in [0.3, 0.4) is 0 Å². The molecule has 0 amide bonds. The minimum Gasteiger partial charge on any atom is -0.510 e. The molecular formula is C62H49N4OPt-3. The fraction of sp³-hybridized carbons (Fsp3) is 0.129. The number of aromatic nitrogens is 4. The Kier molecular flexibility index (Phi) is 9.38. The Morgan fingerprint density at radius 2 is 1.26 bits per heavy atom. The number of fused-ring (bicyclic) bond motifs is 23. The molecule has 3 aromatic heterocycles. The largest absolute Gasteiger partial charge is 0.510 e. The summed E-state index contributed by atoms with van der Waals surface area (Å²) in [5.74, 6) is 0. The van der Waals surface area contributed by atoms with Crippen molar-refractivity contribution in [2.45, 2.75) is 52.4 Å². The van der Waals surface area contributed by atoms with Crippen LogP contribution < -0.4 is 0 Å². The molecule has 0 saturated heterocycles. The molecule has 10 bridgehead atoms. The van der Waals surface area contributed by atoms with E-state index in [1.165, 1.54) is 11.1 Å². The first kappa shape index (κ1) is 38.7.